The zero-order valence-corrected chi connectivity index (χ0v) is 14.1. The number of aromatic nitrogens is 2. The van der Waals surface area contributed by atoms with Crippen molar-refractivity contribution in [2.45, 2.75) is 27.2 Å². The average molecular weight is 328 g/mol. The summed E-state index contributed by atoms with van der Waals surface area (Å²) in [5.74, 6) is -0.165. The number of halogens is 1. The van der Waals surface area contributed by atoms with Gasteiger partial charge in [0.15, 0.2) is 0 Å². The van der Waals surface area contributed by atoms with E-state index in [0.717, 1.165) is 23.2 Å². The molecule has 23 heavy (non-hydrogen) atoms. The molecule has 2 heterocycles. The molecule has 1 N–H and O–H groups in total. The van der Waals surface area contributed by atoms with Gasteiger partial charge in [0.25, 0.3) is 5.91 Å². The number of nitrogens with zero attached hydrogens (tertiary/aromatic N) is 2. The molecule has 5 heteroatoms. The Labute approximate surface area is 140 Å². The van der Waals surface area contributed by atoms with E-state index in [1.807, 2.05) is 32.0 Å². The fraction of sp³-hybridized carbons (Fsp3) is 0.222. The van der Waals surface area contributed by atoms with Crippen molar-refractivity contribution in [3.8, 4) is 0 Å². The zero-order chi connectivity index (χ0) is 16.6. The topological polar surface area (TPSA) is 46.4 Å². The van der Waals surface area contributed by atoms with Crippen LogP contribution >= 0.6 is 11.6 Å². The van der Waals surface area contributed by atoms with Crippen LogP contribution < -0.4 is 5.32 Å². The van der Waals surface area contributed by atoms with Gasteiger partial charge in [-0.15, -0.1) is 0 Å². The van der Waals surface area contributed by atoms with Crippen LogP contribution in [0.5, 0.6) is 0 Å². The smallest absolute Gasteiger partial charge is 0.274 e. The van der Waals surface area contributed by atoms with Crippen molar-refractivity contribution < 1.29 is 4.79 Å². The molecule has 0 aliphatic heterocycles. The highest BCUT2D eigenvalue weighted by Gasteiger charge is 2.18. The third-order valence-corrected chi connectivity index (χ3v) is 4.19. The summed E-state index contributed by atoms with van der Waals surface area (Å²) in [5.41, 5.74) is 4.92. The number of hydrogen-bond donors (Lipinski definition) is 1. The number of nitrogens with one attached hydrogen (secondary N) is 1. The van der Waals surface area contributed by atoms with Crippen molar-refractivity contribution in [2.24, 2.45) is 0 Å². The molecule has 1 amide bonds. The average Bonchev–Trinajstić information content (AvgIpc) is 2.84. The van der Waals surface area contributed by atoms with Crippen LogP contribution in [0, 0.1) is 13.8 Å². The first-order chi connectivity index (χ1) is 11.0. The first-order valence-corrected chi connectivity index (χ1v) is 7.93. The minimum atomic E-state index is -0.165. The van der Waals surface area contributed by atoms with Gasteiger partial charge in [-0.2, -0.15) is 0 Å². The van der Waals surface area contributed by atoms with Crippen LogP contribution in [0.1, 0.15) is 34.2 Å². The molecule has 118 valence electrons. The largest absolute Gasteiger partial charge is 0.320 e. The second-order valence-electron chi connectivity index (χ2n) is 5.54. The van der Waals surface area contributed by atoms with Crippen molar-refractivity contribution in [2.75, 3.05) is 5.32 Å². The highest BCUT2D eigenvalue weighted by molar-refractivity contribution is 6.30. The molecule has 1 aromatic carbocycles. The van der Waals surface area contributed by atoms with Gasteiger partial charge in [-0.05, 0) is 37.5 Å². The molecule has 0 atom stereocenters. The van der Waals surface area contributed by atoms with Gasteiger partial charge in [0.05, 0.1) is 5.69 Å². The molecule has 0 saturated heterocycles. The van der Waals surface area contributed by atoms with Crippen molar-refractivity contribution in [1.82, 2.24) is 9.38 Å². The van der Waals surface area contributed by atoms with Gasteiger partial charge in [0.1, 0.15) is 11.3 Å². The van der Waals surface area contributed by atoms with Crippen LogP contribution in [0.4, 0.5) is 5.69 Å². The molecule has 3 aromatic rings. The number of para-hydroxylation sites is 1. The predicted octanol–water partition coefficient (Wildman–Crippen LogP) is 4.42. The fourth-order valence-electron chi connectivity index (χ4n) is 2.79. The third kappa shape index (κ3) is 2.82. The molecule has 0 saturated carbocycles. The van der Waals surface area contributed by atoms with Crippen LogP contribution in [0.2, 0.25) is 5.02 Å². The highest BCUT2D eigenvalue weighted by Crippen LogP contribution is 2.23. The number of hydrogen-bond acceptors (Lipinski definition) is 2. The van der Waals surface area contributed by atoms with Gasteiger partial charge in [-0.25, -0.2) is 4.98 Å². The molecule has 0 spiro atoms. The van der Waals surface area contributed by atoms with Gasteiger partial charge >= 0.3 is 0 Å². The van der Waals surface area contributed by atoms with Crippen LogP contribution in [0.25, 0.3) is 5.65 Å². The lowest BCUT2D eigenvalue weighted by Gasteiger charge is -2.13. The summed E-state index contributed by atoms with van der Waals surface area (Å²) in [7, 11) is 0. The number of amides is 1. The standard InChI is InChI=1S/C18H18ClN3O/c1-4-13-7-5-6-11(2)16(13)21-18(23)17-12(3)20-15-10-14(19)8-9-22(15)17/h5-10H,4H2,1-3H3,(H,21,23). The van der Waals surface area contributed by atoms with Crippen molar-refractivity contribution in [1.29, 1.82) is 0 Å². The van der Waals surface area contributed by atoms with E-state index in [9.17, 15) is 4.79 Å². The second kappa shape index (κ2) is 6.05. The molecule has 4 nitrogen and oxygen atoms in total. The minimum Gasteiger partial charge on any atom is -0.320 e. The molecular formula is C18H18ClN3O. The van der Waals surface area contributed by atoms with Crippen LogP contribution in [-0.2, 0) is 6.42 Å². The lowest BCUT2D eigenvalue weighted by atomic mass is 10.1. The van der Waals surface area contributed by atoms with Gasteiger partial charge in [-0.3, -0.25) is 9.20 Å². The molecule has 0 fully saturated rings. The Kier molecular flexibility index (Phi) is 4.09. The Bertz CT molecular complexity index is 899. The number of imidazole rings is 1. The van der Waals surface area contributed by atoms with Gasteiger partial charge in [0.2, 0.25) is 0 Å². The monoisotopic (exact) mass is 327 g/mol. The first kappa shape index (κ1) is 15.6. The molecule has 0 bridgehead atoms. The SMILES string of the molecule is CCc1cccc(C)c1NC(=O)c1c(C)nc2cc(Cl)ccn12. The summed E-state index contributed by atoms with van der Waals surface area (Å²) >= 11 is 6.00. The Morgan fingerprint density at radius 1 is 1.30 bits per heavy atom. The van der Waals surface area contributed by atoms with Crippen molar-refractivity contribution in [3.05, 3.63) is 64.1 Å². The number of carbonyl (C=O) groups excluding carboxylic acids is 1. The van der Waals surface area contributed by atoms with E-state index in [2.05, 4.69) is 17.2 Å². The lowest BCUT2D eigenvalue weighted by Crippen LogP contribution is -2.17. The maximum atomic E-state index is 12.8. The van der Waals surface area contributed by atoms with Crippen molar-refractivity contribution >= 4 is 28.8 Å². The predicted molar refractivity (Wildman–Crippen MR) is 93.4 cm³/mol. The second-order valence-corrected chi connectivity index (χ2v) is 5.97. The Balaban J connectivity index is 2.04. The van der Waals surface area contributed by atoms with E-state index in [0.29, 0.717) is 22.1 Å². The number of anilines is 1. The molecule has 0 unspecified atom stereocenters. The summed E-state index contributed by atoms with van der Waals surface area (Å²) < 4.78 is 1.76. The quantitative estimate of drug-likeness (QED) is 0.774. The Morgan fingerprint density at radius 3 is 2.83 bits per heavy atom. The van der Waals surface area contributed by atoms with Gasteiger partial charge in [-0.1, -0.05) is 36.7 Å². The maximum absolute atomic E-state index is 12.8. The molecule has 0 aliphatic carbocycles. The van der Waals surface area contributed by atoms with E-state index in [1.54, 1.807) is 22.7 Å². The lowest BCUT2D eigenvalue weighted by molar-refractivity contribution is 0.102. The van der Waals surface area contributed by atoms with E-state index in [-0.39, 0.29) is 5.91 Å². The molecule has 0 aliphatic rings. The molecular weight excluding hydrogens is 310 g/mol. The zero-order valence-electron chi connectivity index (χ0n) is 13.4. The summed E-state index contributed by atoms with van der Waals surface area (Å²) in [6.07, 6.45) is 2.63. The van der Waals surface area contributed by atoms with Gasteiger partial charge in [0, 0.05) is 23.0 Å². The van der Waals surface area contributed by atoms with Crippen LogP contribution in [-0.4, -0.2) is 15.3 Å². The van der Waals surface area contributed by atoms with Crippen LogP contribution in [0.15, 0.2) is 36.5 Å². The summed E-state index contributed by atoms with van der Waals surface area (Å²) in [4.78, 5) is 17.2. The van der Waals surface area contributed by atoms with Crippen molar-refractivity contribution in [3.63, 3.8) is 0 Å². The number of benzene rings is 1. The summed E-state index contributed by atoms with van der Waals surface area (Å²) in [5, 5.41) is 3.65. The fourth-order valence-corrected chi connectivity index (χ4v) is 2.94. The number of aryl methyl sites for hydroxylation is 3. The highest BCUT2D eigenvalue weighted by atomic mass is 35.5. The van der Waals surface area contributed by atoms with E-state index in [4.69, 9.17) is 11.6 Å². The molecule has 3 rings (SSSR count). The normalized spacial score (nSPS) is 11.0. The first-order valence-electron chi connectivity index (χ1n) is 7.55. The van der Waals surface area contributed by atoms with E-state index in [1.165, 1.54) is 0 Å². The third-order valence-electron chi connectivity index (χ3n) is 3.96. The minimum absolute atomic E-state index is 0.165. The van der Waals surface area contributed by atoms with E-state index >= 15 is 0 Å². The number of rotatable bonds is 3. The molecule has 0 radical (unpaired) electrons. The van der Waals surface area contributed by atoms with Crippen LogP contribution in [0.3, 0.4) is 0 Å². The van der Waals surface area contributed by atoms with E-state index < -0.39 is 0 Å². The maximum Gasteiger partial charge on any atom is 0.274 e. The Morgan fingerprint density at radius 2 is 2.09 bits per heavy atom. The molecule has 2 aromatic heterocycles. The number of carbonyl (C=O) groups is 1. The number of fused-ring (bicyclic) bond motifs is 1. The summed E-state index contributed by atoms with van der Waals surface area (Å²) in [6, 6.07) is 9.53. The Hall–Kier alpha value is -2.33. The number of pyridine rings is 1. The summed E-state index contributed by atoms with van der Waals surface area (Å²) in [6.45, 7) is 5.90. The van der Waals surface area contributed by atoms with Gasteiger partial charge < -0.3 is 5.32 Å².